The third-order valence-corrected chi connectivity index (χ3v) is 3.31. The molecule has 120 valence electrons. The van der Waals surface area contributed by atoms with Gasteiger partial charge >= 0.3 is 5.97 Å². The van der Waals surface area contributed by atoms with Crippen LogP contribution in [0.25, 0.3) is 0 Å². The Hall–Kier alpha value is -2.53. The molecule has 0 heterocycles. The van der Waals surface area contributed by atoms with Crippen LogP contribution >= 0.6 is 11.6 Å². The Balaban J connectivity index is 1.95. The Labute approximate surface area is 139 Å². The highest BCUT2D eigenvalue weighted by atomic mass is 35.5. The van der Waals surface area contributed by atoms with E-state index >= 15 is 0 Å². The molecule has 0 fully saturated rings. The van der Waals surface area contributed by atoms with Crippen molar-refractivity contribution in [1.29, 1.82) is 0 Å². The fraction of sp³-hybridized carbons (Fsp3) is 0.176. The number of esters is 1. The zero-order valence-corrected chi connectivity index (χ0v) is 13.5. The van der Waals surface area contributed by atoms with E-state index in [2.05, 4.69) is 5.32 Å². The van der Waals surface area contributed by atoms with Gasteiger partial charge in [0.05, 0.1) is 12.7 Å². The maximum absolute atomic E-state index is 12.1. The van der Waals surface area contributed by atoms with E-state index in [-0.39, 0.29) is 0 Å². The summed E-state index contributed by atoms with van der Waals surface area (Å²) in [6.45, 7) is 1.50. The molecule has 2 rings (SSSR count). The molecule has 0 saturated carbocycles. The summed E-state index contributed by atoms with van der Waals surface area (Å²) < 4.78 is 10.2. The molecule has 0 aromatic heterocycles. The van der Waals surface area contributed by atoms with Gasteiger partial charge in [-0.15, -0.1) is 0 Å². The predicted octanol–water partition coefficient (Wildman–Crippen LogP) is 3.53. The van der Waals surface area contributed by atoms with Crippen LogP contribution in [0.3, 0.4) is 0 Å². The van der Waals surface area contributed by atoms with Gasteiger partial charge in [0.1, 0.15) is 5.75 Å². The molecule has 1 atom stereocenters. The molecular formula is C17H16ClNO4. The summed E-state index contributed by atoms with van der Waals surface area (Å²) in [7, 11) is 1.56. The van der Waals surface area contributed by atoms with Gasteiger partial charge in [0.15, 0.2) is 6.10 Å². The summed E-state index contributed by atoms with van der Waals surface area (Å²) in [4.78, 5) is 24.0. The number of methoxy groups -OCH3 is 1. The fourth-order valence-corrected chi connectivity index (χ4v) is 2.01. The minimum Gasteiger partial charge on any atom is -0.497 e. The Bertz CT molecular complexity index is 700. The van der Waals surface area contributed by atoms with E-state index < -0.39 is 18.0 Å². The van der Waals surface area contributed by atoms with Gasteiger partial charge in [-0.1, -0.05) is 17.7 Å². The highest BCUT2D eigenvalue weighted by molar-refractivity contribution is 6.30. The summed E-state index contributed by atoms with van der Waals surface area (Å²) in [5, 5.41) is 3.09. The van der Waals surface area contributed by atoms with Crippen LogP contribution in [0.5, 0.6) is 5.75 Å². The average Bonchev–Trinajstić information content (AvgIpc) is 2.55. The van der Waals surface area contributed by atoms with Crippen LogP contribution in [-0.4, -0.2) is 25.1 Å². The fourth-order valence-electron chi connectivity index (χ4n) is 1.82. The first-order chi connectivity index (χ1) is 11.0. The summed E-state index contributed by atoms with van der Waals surface area (Å²) in [5.74, 6) is -0.348. The molecule has 6 heteroatoms. The number of hydrogen-bond acceptors (Lipinski definition) is 4. The molecule has 0 aliphatic rings. The molecule has 0 bridgehead atoms. The molecule has 1 N–H and O–H groups in total. The van der Waals surface area contributed by atoms with Crippen molar-refractivity contribution in [3.63, 3.8) is 0 Å². The topological polar surface area (TPSA) is 64.6 Å². The van der Waals surface area contributed by atoms with Crippen LogP contribution in [0.4, 0.5) is 5.69 Å². The summed E-state index contributed by atoms with van der Waals surface area (Å²) >= 11 is 5.82. The van der Waals surface area contributed by atoms with E-state index in [1.165, 1.54) is 13.0 Å². The van der Waals surface area contributed by atoms with Crippen LogP contribution in [0.15, 0.2) is 48.5 Å². The molecule has 0 unspecified atom stereocenters. The van der Waals surface area contributed by atoms with Gasteiger partial charge < -0.3 is 14.8 Å². The highest BCUT2D eigenvalue weighted by Gasteiger charge is 2.19. The van der Waals surface area contributed by atoms with Crippen LogP contribution in [0.1, 0.15) is 17.3 Å². The number of amides is 1. The van der Waals surface area contributed by atoms with Gasteiger partial charge in [0.25, 0.3) is 5.91 Å². The number of nitrogens with one attached hydrogen (secondary N) is 1. The maximum atomic E-state index is 12.1. The van der Waals surface area contributed by atoms with E-state index in [9.17, 15) is 9.59 Å². The van der Waals surface area contributed by atoms with Gasteiger partial charge in [0.2, 0.25) is 0 Å². The van der Waals surface area contributed by atoms with Crippen molar-refractivity contribution in [1.82, 2.24) is 0 Å². The number of benzene rings is 2. The Morgan fingerprint density at radius 3 is 2.43 bits per heavy atom. The van der Waals surface area contributed by atoms with Crippen LogP contribution in [0, 0.1) is 0 Å². The van der Waals surface area contributed by atoms with Gasteiger partial charge in [0, 0.05) is 10.7 Å². The van der Waals surface area contributed by atoms with Crippen molar-refractivity contribution in [2.45, 2.75) is 13.0 Å². The number of hydrogen-bond donors (Lipinski definition) is 1. The molecule has 5 nitrogen and oxygen atoms in total. The Kier molecular flexibility index (Phi) is 5.60. The minimum absolute atomic E-state index is 0.293. The molecule has 2 aromatic rings. The summed E-state index contributed by atoms with van der Waals surface area (Å²) in [6.07, 6.45) is -0.941. The van der Waals surface area contributed by atoms with Crippen LogP contribution < -0.4 is 10.1 Å². The first-order valence-corrected chi connectivity index (χ1v) is 7.29. The van der Waals surface area contributed by atoms with Gasteiger partial charge in [-0.3, -0.25) is 4.79 Å². The van der Waals surface area contributed by atoms with Crippen LogP contribution in [0.2, 0.25) is 5.02 Å². The van der Waals surface area contributed by atoms with E-state index in [0.29, 0.717) is 22.0 Å². The van der Waals surface area contributed by atoms with Crippen molar-refractivity contribution in [2.75, 3.05) is 12.4 Å². The lowest BCUT2D eigenvalue weighted by molar-refractivity contribution is -0.123. The SMILES string of the molecule is COc1ccc(NC(=O)[C@@H](C)OC(=O)c2cccc(Cl)c2)cc1. The van der Waals surface area contributed by atoms with Crippen LogP contribution in [-0.2, 0) is 9.53 Å². The number of carbonyl (C=O) groups is 2. The van der Waals surface area contributed by atoms with Gasteiger partial charge in [-0.25, -0.2) is 4.79 Å². The molecule has 0 spiro atoms. The number of rotatable bonds is 5. The lowest BCUT2D eigenvalue weighted by Crippen LogP contribution is -2.30. The number of anilines is 1. The summed E-state index contributed by atoms with van der Waals surface area (Å²) in [6, 6.07) is 13.2. The molecular weight excluding hydrogens is 318 g/mol. The van der Waals surface area contributed by atoms with Crippen molar-refractivity contribution in [3.8, 4) is 5.75 Å². The largest absolute Gasteiger partial charge is 0.497 e. The molecule has 23 heavy (non-hydrogen) atoms. The summed E-state index contributed by atoms with van der Waals surface area (Å²) in [5.41, 5.74) is 0.878. The standard InChI is InChI=1S/C17H16ClNO4/c1-11(23-17(21)12-4-3-5-13(18)10-12)16(20)19-14-6-8-15(22-2)9-7-14/h3-11H,1-2H3,(H,19,20)/t11-/m1/s1. The zero-order valence-electron chi connectivity index (χ0n) is 12.7. The Morgan fingerprint density at radius 1 is 1.13 bits per heavy atom. The molecule has 0 aliphatic heterocycles. The monoisotopic (exact) mass is 333 g/mol. The third kappa shape index (κ3) is 4.72. The van der Waals surface area contributed by atoms with E-state index in [0.717, 1.165) is 0 Å². The van der Waals surface area contributed by atoms with Crippen molar-refractivity contribution in [3.05, 3.63) is 59.1 Å². The van der Waals surface area contributed by atoms with E-state index in [1.54, 1.807) is 49.6 Å². The smallest absolute Gasteiger partial charge is 0.338 e. The number of carbonyl (C=O) groups excluding carboxylic acids is 2. The first-order valence-electron chi connectivity index (χ1n) is 6.91. The van der Waals surface area contributed by atoms with E-state index in [1.807, 2.05) is 0 Å². The number of ether oxygens (including phenoxy) is 2. The normalized spacial score (nSPS) is 11.4. The molecule has 1 amide bonds. The molecule has 0 radical (unpaired) electrons. The van der Waals surface area contributed by atoms with Gasteiger partial charge in [-0.05, 0) is 49.4 Å². The predicted molar refractivity (Wildman–Crippen MR) is 88.0 cm³/mol. The lowest BCUT2D eigenvalue weighted by atomic mass is 10.2. The van der Waals surface area contributed by atoms with Crippen molar-refractivity contribution >= 4 is 29.2 Å². The molecule has 0 saturated heterocycles. The molecule has 0 aliphatic carbocycles. The average molecular weight is 334 g/mol. The second kappa shape index (κ2) is 7.65. The highest BCUT2D eigenvalue weighted by Crippen LogP contribution is 2.16. The quantitative estimate of drug-likeness (QED) is 0.850. The van der Waals surface area contributed by atoms with Gasteiger partial charge in [-0.2, -0.15) is 0 Å². The zero-order chi connectivity index (χ0) is 16.8. The third-order valence-electron chi connectivity index (χ3n) is 3.07. The minimum atomic E-state index is -0.941. The maximum Gasteiger partial charge on any atom is 0.338 e. The second-order valence-electron chi connectivity index (χ2n) is 4.78. The number of halogens is 1. The first kappa shape index (κ1) is 16.8. The lowest BCUT2D eigenvalue weighted by Gasteiger charge is -2.14. The van der Waals surface area contributed by atoms with Crippen molar-refractivity contribution in [2.24, 2.45) is 0 Å². The Morgan fingerprint density at radius 2 is 1.83 bits per heavy atom. The molecule has 2 aromatic carbocycles. The van der Waals surface area contributed by atoms with E-state index in [4.69, 9.17) is 21.1 Å². The van der Waals surface area contributed by atoms with Crippen molar-refractivity contribution < 1.29 is 19.1 Å². The second-order valence-corrected chi connectivity index (χ2v) is 5.21.